The molecule has 0 aliphatic carbocycles. The van der Waals surface area contributed by atoms with Crippen molar-refractivity contribution < 1.29 is 13.6 Å². The Labute approximate surface area is 82.2 Å². The molecular formula is C7H3Cl2F2NO. The first-order chi connectivity index (χ1) is 5.95. The normalized spacial score (nSPS) is 10.2. The van der Waals surface area contributed by atoms with Crippen molar-refractivity contribution in [3.05, 3.63) is 33.3 Å². The maximum absolute atomic E-state index is 13.0. The third-order valence-corrected chi connectivity index (χ3v) is 1.91. The van der Waals surface area contributed by atoms with Crippen molar-refractivity contribution in [2.24, 2.45) is 5.73 Å². The van der Waals surface area contributed by atoms with Gasteiger partial charge in [-0.2, -0.15) is 0 Å². The molecule has 0 unspecified atom stereocenters. The number of hydrogen-bond donors (Lipinski definition) is 1. The Morgan fingerprint density at radius 2 is 1.62 bits per heavy atom. The Morgan fingerprint density at radius 3 is 1.92 bits per heavy atom. The highest BCUT2D eigenvalue weighted by atomic mass is 35.5. The Hall–Kier alpha value is -0.870. The van der Waals surface area contributed by atoms with Crippen LogP contribution < -0.4 is 5.73 Å². The zero-order valence-electron chi connectivity index (χ0n) is 6.07. The van der Waals surface area contributed by atoms with Crippen molar-refractivity contribution >= 4 is 29.1 Å². The molecule has 1 rings (SSSR count). The summed E-state index contributed by atoms with van der Waals surface area (Å²) in [4.78, 5) is 10.6. The van der Waals surface area contributed by atoms with Crippen LogP contribution >= 0.6 is 23.2 Å². The molecule has 0 atom stereocenters. The lowest BCUT2D eigenvalue weighted by molar-refractivity contribution is 0.0992. The molecule has 0 bridgehead atoms. The smallest absolute Gasteiger partial charge is 0.254 e. The summed E-state index contributed by atoms with van der Waals surface area (Å²) in [6.07, 6.45) is 0. The Balaban J connectivity index is 3.56. The second kappa shape index (κ2) is 3.47. The SMILES string of the molecule is NC(=O)c1c(F)c(Cl)cc(Cl)c1F. The fourth-order valence-corrected chi connectivity index (χ4v) is 1.25. The quantitative estimate of drug-likeness (QED) is 0.734. The van der Waals surface area contributed by atoms with Gasteiger partial charge in [0.05, 0.1) is 10.0 Å². The first-order valence-corrected chi connectivity index (χ1v) is 3.83. The summed E-state index contributed by atoms with van der Waals surface area (Å²) in [5.41, 5.74) is 3.80. The Morgan fingerprint density at radius 1 is 1.23 bits per heavy atom. The summed E-state index contributed by atoms with van der Waals surface area (Å²) in [6.45, 7) is 0. The minimum absolute atomic E-state index is 0.444. The molecular weight excluding hydrogens is 223 g/mol. The highest BCUT2D eigenvalue weighted by Gasteiger charge is 2.20. The van der Waals surface area contributed by atoms with E-state index in [0.717, 1.165) is 6.07 Å². The Bertz CT molecular complexity index is 355. The summed E-state index contributed by atoms with van der Waals surface area (Å²) in [7, 11) is 0. The minimum Gasteiger partial charge on any atom is -0.365 e. The van der Waals surface area contributed by atoms with E-state index in [2.05, 4.69) is 0 Å². The monoisotopic (exact) mass is 225 g/mol. The standard InChI is InChI=1S/C7H3Cl2F2NO/c8-2-1-3(9)6(11)4(5(2)10)7(12)13/h1H,(H2,12,13). The highest BCUT2D eigenvalue weighted by molar-refractivity contribution is 6.35. The summed E-state index contributed by atoms with van der Waals surface area (Å²) in [5.74, 6) is -3.65. The van der Waals surface area contributed by atoms with E-state index < -0.39 is 33.2 Å². The van der Waals surface area contributed by atoms with E-state index in [0.29, 0.717) is 0 Å². The topological polar surface area (TPSA) is 43.1 Å². The summed E-state index contributed by atoms with van der Waals surface area (Å²) >= 11 is 10.6. The van der Waals surface area contributed by atoms with Crippen LogP contribution in [0, 0.1) is 11.6 Å². The molecule has 1 amide bonds. The van der Waals surface area contributed by atoms with Gasteiger partial charge in [-0.25, -0.2) is 8.78 Å². The van der Waals surface area contributed by atoms with Gasteiger partial charge in [0.2, 0.25) is 0 Å². The molecule has 1 aromatic rings. The molecule has 0 spiro atoms. The molecule has 2 nitrogen and oxygen atoms in total. The van der Waals surface area contributed by atoms with E-state index in [1.807, 2.05) is 0 Å². The van der Waals surface area contributed by atoms with Crippen molar-refractivity contribution in [1.29, 1.82) is 0 Å². The molecule has 0 saturated heterocycles. The molecule has 1 aromatic carbocycles. The number of carbonyl (C=O) groups excluding carboxylic acids is 1. The van der Waals surface area contributed by atoms with Gasteiger partial charge >= 0.3 is 0 Å². The summed E-state index contributed by atoms with van der Waals surface area (Å²) < 4.78 is 25.9. The minimum atomic E-state index is -1.25. The predicted molar refractivity (Wildman–Crippen MR) is 44.9 cm³/mol. The van der Waals surface area contributed by atoms with E-state index in [4.69, 9.17) is 28.9 Å². The van der Waals surface area contributed by atoms with Gasteiger partial charge < -0.3 is 5.73 Å². The van der Waals surface area contributed by atoms with Crippen LogP contribution in [0.2, 0.25) is 10.0 Å². The molecule has 70 valence electrons. The van der Waals surface area contributed by atoms with Crippen LogP contribution in [0.1, 0.15) is 10.4 Å². The zero-order chi connectivity index (χ0) is 10.2. The number of carbonyl (C=O) groups is 1. The Kier molecular flexibility index (Phi) is 2.73. The van der Waals surface area contributed by atoms with Crippen LogP contribution in [0.15, 0.2) is 6.07 Å². The molecule has 6 heteroatoms. The fraction of sp³-hybridized carbons (Fsp3) is 0. The van der Waals surface area contributed by atoms with Crippen molar-refractivity contribution in [1.82, 2.24) is 0 Å². The third-order valence-electron chi connectivity index (χ3n) is 1.36. The molecule has 0 saturated carbocycles. The molecule has 0 radical (unpaired) electrons. The second-order valence-corrected chi connectivity index (χ2v) is 3.02. The van der Waals surface area contributed by atoms with Gasteiger partial charge in [-0.1, -0.05) is 23.2 Å². The van der Waals surface area contributed by atoms with E-state index in [9.17, 15) is 13.6 Å². The van der Waals surface area contributed by atoms with Crippen LogP contribution in [0.4, 0.5) is 8.78 Å². The molecule has 0 aliphatic rings. The average molecular weight is 226 g/mol. The number of primary amides is 1. The number of hydrogen-bond acceptors (Lipinski definition) is 1. The lowest BCUT2D eigenvalue weighted by Gasteiger charge is -2.03. The number of rotatable bonds is 1. The molecule has 0 fully saturated rings. The lowest BCUT2D eigenvalue weighted by Crippen LogP contribution is -2.16. The van der Waals surface area contributed by atoms with Gasteiger partial charge in [0.25, 0.3) is 5.91 Å². The van der Waals surface area contributed by atoms with Crippen molar-refractivity contribution in [3.63, 3.8) is 0 Å². The number of halogens is 4. The average Bonchev–Trinajstić information content (AvgIpc) is 2.01. The summed E-state index contributed by atoms with van der Waals surface area (Å²) in [5, 5.41) is -0.889. The van der Waals surface area contributed by atoms with Gasteiger partial charge in [0.15, 0.2) is 11.6 Å². The number of nitrogens with two attached hydrogens (primary N) is 1. The number of benzene rings is 1. The van der Waals surface area contributed by atoms with Crippen LogP contribution in [-0.4, -0.2) is 5.91 Å². The van der Waals surface area contributed by atoms with Gasteiger partial charge in [0.1, 0.15) is 5.56 Å². The molecule has 2 N–H and O–H groups in total. The highest BCUT2D eigenvalue weighted by Crippen LogP contribution is 2.27. The molecule has 0 heterocycles. The lowest BCUT2D eigenvalue weighted by atomic mass is 10.2. The van der Waals surface area contributed by atoms with E-state index in [1.165, 1.54) is 0 Å². The molecule has 13 heavy (non-hydrogen) atoms. The maximum Gasteiger partial charge on any atom is 0.254 e. The van der Waals surface area contributed by atoms with E-state index >= 15 is 0 Å². The van der Waals surface area contributed by atoms with Crippen LogP contribution in [0.5, 0.6) is 0 Å². The zero-order valence-corrected chi connectivity index (χ0v) is 7.59. The van der Waals surface area contributed by atoms with Gasteiger partial charge in [0, 0.05) is 0 Å². The molecule has 0 aliphatic heterocycles. The van der Waals surface area contributed by atoms with Crippen molar-refractivity contribution in [2.45, 2.75) is 0 Å². The van der Waals surface area contributed by atoms with Crippen molar-refractivity contribution in [2.75, 3.05) is 0 Å². The second-order valence-electron chi connectivity index (χ2n) is 2.21. The summed E-state index contributed by atoms with van der Waals surface area (Å²) in [6, 6.07) is 0.861. The molecule has 0 aromatic heterocycles. The van der Waals surface area contributed by atoms with Crippen LogP contribution in [0.3, 0.4) is 0 Å². The first-order valence-electron chi connectivity index (χ1n) is 3.08. The van der Waals surface area contributed by atoms with Gasteiger partial charge in [-0.05, 0) is 6.07 Å². The van der Waals surface area contributed by atoms with E-state index in [-0.39, 0.29) is 0 Å². The maximum atomic E-state index is 13.0. The third kappa shape index (κ3) is 1.73. The predicted octanol–water partition coefficient (Wildman–Crippen LogP) is 2.37. The van der Waals surface area contributed by atoms with Crippen LogP contribution in [-0.2, 0) is 0 Å². The van der Waals surface area contributed by atoms with Crippen LogP contribution in [0.25, 0.3) is 0 Å². The van der Waals surface area contributed by atoms with Crippen molar-refractivity contribution in [3.8, 4) is 0 Å². The first kappa shape index (κ1) is 10.2. The van der Waals surface area contributed by atoms with E-state index in [1.54, 1.807) is 0 Å². The van der Waals surface area contributed by atoms with Gasteiger partial charge in [-0.15, -0.1) is 0 Å². The largest absolute Gasteiger partial charge is 0.365 e. The number of amides is 1. The van der Waals surface area contributed by atoms with Gasteiger partial charge in [-0.3, -0.25) is 4.79 Å². The fourth-order valence-electron chi connectivity index (χ4n) is 0.789.